The molecule has 0 saturated carbocycles. The van der Waals surface area contributed by atoms with E-state index in [1.165, 1.54) is 0 Å². The molecular formula is C23H29N5O4. The van der Waals surface area contributed by atoms with Crippen LogP contribution in [0.1, 0.15) is 50.9 Å². The van der Waals surface area contributed by atoms with Crippen molar-refractivity contribution < 1.29 is 18.8 Å². The molecule has 2 fully saturated rings. The second-order valence-electron chi connectivity index (χ2n) is 9.14. The summed E-state index contributed by atoms with van der Waals surface area (Å²) in [7, 11) is 0. The first-order chi connectivity index (χ1) is 15.3. The minimum Gasteiger partial charge on any atom is -0.444 e. The van der Waals surface area contributed by atoms with Crippen molar-refractivity contribution in [1.29, 1.82) is 5.26 Å². The van der Waals surface area contributed by atoms with E-state index in [2.05, 4.69) is 21.1 Å². The largest absolute Gasteiger partial charge is 0.444 e. The highest BCUT2D eigenvalue weighted by atomic mass is 16.6. The quantitative estimate of drug-likeness (QED) is 0.715. The van der Waals surface area contributed by atoms with Crippen molar-refractivity contribution in [2.45, 2.75) is 45.1 Å². The number of nitriles is 1. The van der Waals surface area contributed by atoms with Gasteiger partial charge in [-0.25, -0.2) is 4.79 Å². The number of benzene rings is 1. The van der Waals surface area contributed by atoms with Gasteiger partial charge in [0.15, 0.2) is 5.82 Å². The van der Waals surface area contributed by atoms with Crippen LogP contribution in [0.25, 0.3) is 11.5 Å². The maximum absolute atomic E-state index is 12.3. The Bertz CT molecular complexity index is 993. The molecule has 1 aromatic heterocycles. The lowest BCUT2D eigenvalue weighted by molar-refractivity contribution is 0.0203. The molecule has 2 aliphatic heterocycles. The van der Waals surface area contributed by atoms with Gasteiger partial charge in [0.25, 0.3) is 5.89 Å². The lowest BCUT2D eigenvalue weighted by Crippen LogP contribution is -2.41. The number of carbonyl (C=O) groups is 1. The van der Waals surface area contributed by atoms with Crippen LogP contribution in [0, 0.1) is 11.3 Å². The number of amides is 1. The van der Waals surface area contributed by atoms with Crippen LogP contribution in [-0.4, -0.2) is 66.1 Å². The van der Waals surface area contributed by atoms with Gasteiger partial charge >= 0.3 is 6.09 Å². The van der Waals surface area contributed by atoms with Gasteiger partial charge in [0.2, 0.25) is 0 Å². The van der Waals surface area contributed by atoms with Crippen LogP contribution in [0.2, 0.25) is 0 Å². The highest BCUT2D eigenvalue weighted by molar-refractivity contribution is 5.69. The van der Waals surface area contributed by atoms with Crippen LogP contribution in [0.5, 0.6) is 0 Å². The number of likely N-dealkylation sites (tertiary alicyclic amines) is 1. The Morgan fingerprint density at radius 3 is 2.56 bits per heavy atom. The van der Waals surface area contributed by atoms with Crippen LogP contribution in [-0.2, 0) is 9.47 Å². The van der Waals surface area contributed by atoms with Gasteiger partial charge in [0, 0.05) is 37.7 Å². The summed E-state index contributed by atoms with van der Waals surface area (Å²) in [6.45, 7) is 9.56. The highest BCUT2D eigenvalue weighted by Gasteiger charge is 2.30. The van der Waals surface area contributed by atoms with Crippen LogP contribution >= 0.6 is 0 Å². The van der Waals surface area contributed by atoms with Gasteiger partial charge in [-0.15, -0.1) is 0 Å². The zero-order valence-electron chi connectivity index (χ0n) is 18.8. The topological polar surface area (TPSA) is 105 Å². The zero-order chi connectivity index (χ0) is 22.7. The molecule has 1 amide bonds. The lowest BCUT2D eigenvalue weighted by Gasteiger charge is -2.32. The Morgan fingerprint density at radius 2 is 1.91 bits per heavy atom. The standard InChI is InChI=1S/C23H29N5O4/c1-23(2,3)31-22(29)28-8-6-16(7-9-28)20-25-21(32-26-20)17-4-5-18(15-24)19(14-17)27-10-12-30-13-11-27/h4-5,14,16H,6-13H2,1-3H3. The van der Waals surface area contributed by atoms with E-state index in [1.54, 1.807) is 11.0 Å². The van der Waals surface area contributed by atoms with E-state index in [4.69, 9.17) is 14.0 Å². The summed E-state index contributed by atoms with van der Waals surface area (Å²) in [6.07, 6.45) is 1.23. The molecule has 0 radical (unpaired) electrons. The number of hydrogen-bond acceptors (Lipinski definition) is 8. The average molecular weight is 440 g/mol. The number of rotatable bonds is 3. The SMILES string of the molecule is CC(C)(C)OC(=O)N1CCC(c2noc(-c3ccc(C#N)c(N4CCOCC4)c3)n2)CC1. The maximum atomic E-state index is 12.3. The van der Waals surface area contributed by atoms with E-state index in [1.807, 2.05) is 32.9 Å². The normalized spacial score (nSPS) is 17.8. The van der Waals surface area contributed by atoms with Crippen molar-refractivity contribution in [2.75, 3.05) is 44.3 Å². The highest BCUT2D eigenvalue weighted by Crippen LogP contribution is 2.31. The minimum absolute atomic E-state index is 0.128. The fraction of sp³-hybridized carbons (Fsp3) is 0.565. The van der Waals surface area contributed by atoms with Gasteiger partial charge in [-0.1, -0.05) is 5.16 Å². The molecule has 170 valence electrons. The lowest BCUT2D eigenvalue weighted by atomic mass is 9.96. The molecule has 0 aliphatic carbocycles. The van der Waals surface area contributed by atoms with Crippen molar-refractivity contribution in [3.8, 4) is 17.5 Å². The number of nitrogens with zero attached hydrogens (tertiary/aromatic N) is 5. The molecule has 3 heterocycles. The summed E-state index contributed by atoms with van der Waals surface area (Å²) in [5, 5.41) is 13.7. The summed E-state index contributed by atoms with van der Waals surface area (Å²) in [5.41, 5.74) is 1.76. The number of anilines is 1. The Labute approximate surface area is 187 Å². The third-order valence-electron chi connectivity index (χ3n) is 5.67. The van der Waals surface area contributed by atoms with Crippen LogP contribution < -0.4 is 4.90 Å². The van der Waals surface area contributed by atoms with E-state index >= 15 is 0 Å². The van der Waals surface area contributed by atoms with Gasteiger partial charge in [0.1, 0.15) is 11.7 Å². The van der Waals surface area contributed by atoms with Crippen LogP contribution in [0.4, 0.5) is 10.5 Å². The first kappa shape index (κ1) is 22.1. The molecule has 0 atom stereocenters. The predicted molar refractivity (Wildman–Crippen MR) is 117 cm³/mol. The van der Waals surface area contributed by atoms with Gasteiger partial charge in [-0.2, -0.15) is 10.2 Å². The van der Waals surface area contributed by atoms with Gasteiger partial charge in [-0.05, 0) is 51.8 Å². The third-order valence-corrected chi connectivity index (χ3v) is 5.67. The predicted octanol–water partition coefficient (Wildman–Crippen LogP) is 3.56. The number of piperidine rings is 1. The van der Waals surface area contributed by atoms with E-state index in [-0.39, 0.29) is 12.0 Å². The molecule has 0 spiro atoms. The Morgan fingerprint density at radius 1 is 1.19 bits per heavy atom. The Hall–Kier alpha value is -3.12. The molecule has 0 unspecified atom stereocenters. The summed E-state index contributed by atoms with van der Waals surface area (Å²) in [5.74, 6) is 1.22. The first-order valence-electron chi connectivity index (χ1n) is 11.0. The molecule has 9 nitrogen and oxygen atoms in total. The van der Waals surface area contributed by atoms with Gasteiger partial charge < -0.3 is 23.8 Å². The number of carbonyl (C=O) groups excluding carboxylic acids is 1. The van der Waals surface area contributed by atoms with E-state index in [0.717, 1.165) is 37.2 Å². The summed E-state index contributed by atoms with van der Waals surface area (Å²) in [6, 6.07) is 7.83. The smallest absolute Gasteiger partial charge is 0.410 e. The molecule has 2 aliphatic rings. The fourth-order valence-electron chi connectivity index (χ4n) is 3.99. The molecular weight excluding hydrogens is 410 g/mol. The summed E-state index contributed by atoms with van der Waals surface area (Å²) in [4.78, 5) is 20.8. The molecule has 32 heavy (non-hydrogen) atoms. The monoisotopic (exact) mass is 439 g/mol. The number of ether oxygens (including phenoxy) is 2. The second-order valence-corrected chi connectivity index (χ2v) is 9.14. The maximum Gasteiger partial charge on any atom is 0.410 e. The average Bonchev–Trinajstić information content (AvgIpc) is 3.28. The van der Waals surface area contributed by atoms with Gasteiger partial charge in [-0.3, -0.25) is 0 Å². The minimum atomic E-state index is -0.502. The van der Waals surface area contributed by atoms with E-state index in [0.29, 0.717) is 43.6 Å². The first-order valence-corrected chi connectivity index (χ1v) is 11.0. The molecule has 9 heteroatoms. The third kappa shape index (κ3) is 5.02. The number of aromatic nitrogens is 2. The summed E-state index contributed by atoms with van der Waals surface area (Å²) < 4.78 is 16.5. The van der Waals surface area contributed by atoms with Crippen molar-refractivity contribution in [2.24, 2.45) is 0 Å². The Balaban J connectivity index is 1.44. The van der Waals surface area contributed by atoms with Crippen molar-refractivity contribution in [3.05, 3.63) is 29.6 Å². The van der Waals surface area contributed by atoms with Crippen molar-refractivity contribution >= 4 is 11.8 Å². The summed E-state index contributed by atoms with van der Waals surface area (Å²) >= 11 is 0. The molecule has 4 rings (SSSR count). The zero-order valence-corrected chi connectivity index (χ0v) is 18.8. The van der Waals surface area contributed by atoms with Crippen molar-refractivity contribution in [3.63, 3.8) is 0 Å². The number of hydrogen-bond donors (Lipinski definition) is 0. The molecule has 0 N–H and O–H groups in total. The van der Waals surface area contributed by atoms with E-state index in [9.17, 15) is 10.1 Å². The molecule has 1 aromatic carbocycles. The Kier molecular flexibility index (Phi) is 6.33. The number of morpholine rings is 1. The molecule has 2 aromatic rings. The van der Waals surface area contributed by atoms with Crippen LogP contribution in [0.3, 0.4) is 0 Å². The second kappa shape index (κ2) is 9.17. The van der Waals surface area contributed by atoms with E-state index < -0.39 is 5.60 Å². The van der Waals surface area contributed by atoms with Crippen LogP contribution in [0.15, 0.2) is 22.7 Å². The van der Waals surface area contributed by atoms with Gasteiger partial charge in [0.05, 0.1) is 24.5 Å². The van der Waals surface area contributed by atoms with Crippen molar-refractivity contribution in [1.82, 2.24) is 15.0 Å². The molecule has 0 bridgehead atoms. The molecule has 2 saturated heterocycles. The fourth-order valence-corrected chi connectivity index (χ4v) is 3.99.